The number of rotatable bonds is 11. The highest BCUT2D eigenvalue weighted by Crippen LogP contribution is 2.37. The van der Waals surface area contributed by atoms with Crippen LogP contribution in [0.3, 0.4) is 0 Å². The molecule has 1 fully saturated rings. The number of benzene rings is 2. The van der Waals surface area contributed by atoms with Gasteiger partial charge in [-0.1, -0.05) is 61.5 Å². The van der Waals surface area contributed by atoms with Crippen LogP contribution in [-0.4, -0.2) is 81.4 Å². The summed E-state index contributed by atoms with van der Waals surface area (Å²) in [7, 11) is 0. The first kappa shape index (κ1) is 37.3. The van der Waals surface area contributed by atoms with Crippen molar-refractivity contribution in [1.29, 1.82) is 0 Å². The lowest BCUT2D eigenvalue weighted by Crippen LogP contribution is -2.59. The molecule has 51 heavy (non-hydrogen) atoms. The third-order valence-electron chi connectivity index (χ3n) is 9.01. The fourth-order valence-electron chi connectivity index (χ4n) is 6.16. The monoisotopic (exact) mass is 702 g/mol. The Labute approximate surface area is 299 Å². The molecular weight excluding hydrogens is 652 g/mol. The molecule has 0 unspecified atom stereocenters. The van der Waals surface area contributed by atoms with Crippen molar-refractivity contribution in [2.24, 2.45) is 5.92 Å². The molecule has 1 aromatic heterocycles. The molecule has 1 aliphatic heterocycles. The molecule has 1 saturated heterocycles. The van der Waals surface area contributed by atoms with Gasteiger partial charge in [0, 0.05) is 25.7 Å². The Morgan fingerprint density at radius 1 is 0.961 bits per heavy atom. The number of hydrogen-bond donors (Lipinski definition) is 3. The maximum atomic E-state index is 13.7. The van der Waals surface area contributed by atoms with Gasteiger partial charge in [0.1, 0.15) is 23.3 Å². The van der Waals surface area contributed by atoms with E-state index in [1.165, 1.54) is 13.8 Å². The van der Waals surface area contributed by atoms with E-state index < -0.39 is 41.2 Å². The number of carbonyl (C=O) groups is 4. The number of nitrogens with zero attached hydrogens (tertiary/aromatic N) is 3. The summed E-state index contributed by atoms with van der Waals surface area (Å²) in [6, 6.07) is 15.9. The Bertz CT molecular complexity index is 1680. The average Bonchev–Trinajstić information content (AvgIpc) is 3.67. The topological polar surface area (TPSA) is 153 Å². The molecule has 13 heteroatoms. The van der Waals surface area contributed by atoms with Crippen LogP contribution in [-0.2, 0) is 36.8 Å². The predicted octanol–water partition coefficient (Wildman–Crippen LogP) is 5.21. The molecule has 2 aliphatic rings. The van der Waals surface area contributed by atoms with Gasteiger partial charge >= 0.3 is 12.2 Å². The van der Waals surface area contributed by atoms with Gasteiger partial charge in [-0.25, -0.2) is 14.6 Å². The number of amides is 4. The van der Waals surface area contributed by atoms with Crippen LogP contribution in [0.15, 0.2) is 67.1 Å². The Hall–Kier alpha value is -4.91. The zero-order chi connectivity index (χ0) is 36.8. The Morgan fingerprint density at radius 2 is 1.65 bits per heavy atom. The highest BCUT2D eigenvalue weighted by molar-refractivity contribution is 5.98. The highest BCUT2D eigenvalue weighted by Gasteiger charge is 2.38. The number of imidazole rings is 1. The van der Waals surface area contributed by atoms with Crippen molar-refractivity contribution in [1.82, 2.24) is 25.1 Å². The zero-order valence-corrected chi connectivity index (χ0v) is 30.3. The third kappa shape index (κ3) is 10.1. The Morgan fingerprint density at radius 3 is 2.35 bits per heavy atom. The maximum Gasteiger partial charge on any atom is 0.410 e. The van der Waals surface area contributed by atoms with Gasteiger partial charge in [0.2, 0.25) is 5.91 Å². The lowest BCUT2D eigenvalue weighted by atomic mass is 10.00. The lowest BCUT2D eigenvalue weighted by Gasteiger charge is -2.31. The lowest BCUT2D eigenvalue weighted by molar-refractivity contribution is -0.131. The van der Waals surface area contributed by atoms with E-state index in [0.29, 0.717) is 25.4 Å². The summed E-state index contributed by atoms with van der Waals surface area (Å²) in [6.07, 6.45) is 4.18. The summed E-state index contributed by atoms with van der Waals surface area (Å²) in [5.74, 6) is -0.352. The van der Waals surface area contributed by atoms with Crippen molar-refractivity contribution in [3.63, 3.8) is 0 Å². The summed E-state index contributed by atoms with van der Waals surface area (Å²) < 4.78 is 19.2. The van der Waals surface area contributed by atoms with Crippen LogP contribution in [0.4, 0.5) is 15.4 Å². The number of aromatic nitrogens is 2. The standard InChI is InChI=1S/C38H50N6O7/c1-25-16-18-43(19-17-25)36(48)50-30-20-27-14-10-11-15-28(27)32(30)44-21-31(39-24-44)41-33(45)29(23-49-22-26-12-8-7-9-13-26)40-34(46)38(5,6)42-35(47)51-37(2,3)4/h7-15,21,24-25,29-30,32H,16-20,22-23H2,1-6H3,(H,40,46)(H,41,45)(H,42,47)/t29-,30-,32+/m1/s1. The van der Waals surface area contributed by atoms with Gasteiger partial charge in [0.25, 0.3) is 5.91 Å². The fraction of sp³-hybridized carbons (Fsp3) is 0.500. The molecule has 0 radical (unpaired) electrons. The van der Waals surface area contributed by atoms with Crippen molar-refractivity contribution in [2.45, 2.75) is 96.7 Å². The van der Waals surface area contributed by atoms with Crippen molar-refractivity contribution < 1.29 is 33.4 Å². The van der Waals surface area contributed by atoms with Crippen molar-refractivity contribution >= 4 is 29.8 Å². The van der Waals surface area contributed by atoms with E-state index in [0.717, 1.165) is 29.5 Å². The first-order valence-corrected chi connectivity index (χ1v) is 17.5. The highest BCUT2D eigenvalue weighted by atomic mass is 16.6. The number of piperidine rings is 1. The summed E-state index contributed by atoms with van der Waals surface area (Å²) in [6.45, 7) is 11.8. The normalized spacial score (nSPS) is 18.4. The number of carbonyl (C=O) groups excluding carboxylic acids is 4. The van der Waals surface area contributed by atoms with E-state index in [9.17, 15) is 19.2 Å². The Kier molecular flexibility index (Phi) is 11.7. The molecule has 1 aliphatic carbocycles. The van der Waals surface area contributed by atoms with Crippen molar-refractivity contribution in [3.8, 4) is 0 Å². The summed E-state index contributed by atoms with van der Waals surface area (Å²) in [5, 5.41) is 8.10. The predicted molar refractivity (Wildman–Crippen MR) is 191 cm³/mol. The number of fused-ring (bicyclic) bond motifs is 1. The molecular formula is C38H50N6O7. The number of hydrogen-bond acceptors (Lipinski definition) is 8. The first-order chi connectivity index (χ1) is 24.2. The third-order valence-corrected chi connectivity index (χ3v) is 9.01. The summed E-state index contributed by atoms with van der Waals surface area (Å²) in [4.78, 5) is 59.1. The number of likely N-dealkylation sites (tertiary alicyclic amines) is 1. The molecule has 4 amide bonds. The van der Waals surface area contributed by atoms with E-state index in [1.54, 1.807) is 38.2 Å². The second-order valence-electron chi connectivity index (χ2n) is 14.9. The summed E-state index contributed by atoms with van der Waals surface area (Å²) >= 11 is 0. The van der Waals surface area contributed by atoms with E-state index in [4.69, 9.17) is 14.2 Å². The summed E-state index contributed by atoms with van der Waals surface area (Å²) in [5.41, 5.74) is 0.805. The molecule has 5 rings (SSSR count). The molecule has 13 nitrogen and oxygen atoms in total. The molecule has 0 saturated carbocycles. The van der Waals surface area contributed by atoms with Gasteiger partial charge in [-0.15, -0.1) is 0 Å². The first-order valence-electron chi connectivity index (χ1n) is 17.5. The molecule has 2 heterocycles. The molecule has 3 N–H and O–H groups in total. The molecule has 0 bridgehead atoms. The minimum absolute atomic E-state index is 0.154. The van der Waals surface area contributed by atoms with E-state index in [2.05, 4.69) is 27.9 Å². The molecule has 0 spiro atoms. The van der Waals surface area contributed by atoms with Crippen LogP contribution in [0.25, 0.3) is 0 Å². The minimum Gasteiger partial charge on any atom is -0.444 e. The Balaban J connectivity index is 1.29. The van der Waals surface area contributed by atoms with Gasteiger partial charge in [0.15, 0.2) is 5.82 Å². The second-order valence-corrected chi connectivity index (χ2v) is 14.9. The van der Waals surface area contributed by atoms with Crippen molar-refractivity contribution in [2.75, 3.05) is 25.0 Å². The second kappa shape index (κ2) is 16.0. The molecule has 274 valence electrons. The zero-order valence-electron chi connectivity index (χ0n) is 30.3. The number of ether oxygens (including phenoxy) is 3. The van der Waals surface area contributed by atoms with E-state index in [-0.39, 0.29) is 31.2 Å². The van der Waals surface area contributed by atoms with Gasteiger partial charge in [-0.3, -0.25) is 9.59 Å². The SMILES string of the molecule is CC1CCN(C(=O)O[C@@H]2Cc3ccccc3[C@@H]2n2cnc(NC(=O)[C@@H](COCc3ccccc3)NC(=O)C(C)(C)NC(=O)OC(C)(C)C)c2)CC1. The average molecular weight is 703 g/mol. The number of alkyl carbamates (subject to hydrolysis) is 1. The molecule has 3 atom stereocenters. The van der Waals surface area contributed by atoms with E-state index >= 15 is 0 Å². The van der Waals surface area contributed by atoms with Gasteiger partial charge in [-0.05, 0) is 70.1 Å². The molecule has 2 aromatic carbocycles. The van der Waals surface area contributed by atoms with Gasteiger partial charge in [0.05, 0.1) is 25.6 Å². The van der Waals surface area contributed by atoms with Gasteiger partial charge < -0.3 is 39.6 Å². The van der Waals surface area contributed by atoms with Crippen molar-refractivity contribution in [3.05, 3.63) is 83.8 Å². The largest absolute Gasteiger partial charge is 0.444 e. The number of anilines is 1. The van der Waals surface area contributed by atoms with Crippen LogP contribution in [0.5, 0.6) is 0 Å². The number of nitrogens with one attached hydrogen (secondary N) is 3. The fourth-order valence-corrected chi connectivity index (χ4v) is 6.16. The van der Waals surface area contributed by atoms with Crippen LogP contribution in [0.1, 0.15) is 77.1 Å². The molecule has 3 aromatic rings. The van der Waals surface area contributed by atoms with Crippen LogP contribution < -0.4 is 16.0 Å². The maximum absolute atomic E-state index is 13.7. The van der Waals surface area contributed by atoms with Crippen LogP contribution >= 0.6 is 0 Å². The minimum atomic E-state index is -1.42. The smallest absolute Gasteiger partial charge is 0.410 e. The van der Waals surface area contributed by atoms with E-state index in [1.807, 2.05) is 59.2 Å². The quantitative estimate of drug-likeness (QED) is 0.246. The van der Waals surface area contributed by atoms with Crippen LogP contribution in [0.2, 0.25) is 0 Å². The van der Waals surface area contributed by atoms with Crippen LogP contribution in [0, 0.1) is 5.92 Å². The van der Waals surface area contributed by atoms with Gasteiger partial charge in [-0.2, -0.15) is 0 Å².